The molecule has 0 aliphatic carbocycles. The predicted octanol–water partition coefficient (Wildman–Crippen LogP) is 1.08. The van der Waals surface area contributed by atoms with Gasteiger partial charge in [-0.15, -0.1) is 0 Å². The van der Waals surface area contributed by atoms with Crippen LogP contribution in [0.15, 0.2) is 10.8 Å². The van der Waals surface area contributed by atoms with Crippen LogP contribution < -0.4 is 9.44 Å². The van der Waals surface area contributed by atoms with Crippen molar-refractivity contribution in [2.45, 2.75) is 0 Å². The number of rotatable bonds is 0. The van der Waals surface area contributed by atoms with Gasteiger partial charge in [-0.3, -0.25) is 4.72 Å². The third kappa shape index (κ3) is 0.389. The number of anilines is 2. The van der Waals surface area contributed by atoms with E-state index in [2.05, 4.69) is 19.1 Å². The summed E-state index contributed by atoms with van der Waals surface area (Å²) < 4.78 is 10.4. The van der Waals surface area contributed by atoms with Crippen LogP contribution >= 0.6 is 12.1 Å². The molecule has 1 aliphatic heterocycles. The van der Waals surface area contributed by atoms with Gasteiger partial charge in [0.1, 0.15) is 12.0 Å². The molecule has 0 fully saturated rings. The summed E-state index contributed by atoms with van der Waals surface area (Å²) in [5.74, 6) is 0.773. The second-order valence-electron chi connectivity index (χ2n) is 1.38. The fourth-order valence-corrected chi connectivity index (χ4v) is 1.06. The minimum atomic E-state index is 0.773. The van der Waals surface area contributed by atoms with Crippen LogP contribution in [0.2, 0.25) is 0 Å². The van der Waals surface area contributed by atoms with Gasteiger partial charge in [-0.05, 0) is 0 Å². The lowest BCUT2D eigenvalue weighted by Crippen LogP contribution is -1.77. The molecular formula is C3H3N3OS. The zero-order valence-electron chi connectivity index (χ0n) is 3.84. The van der Waals surface area contributed by atoms with E-state index in [0.717, 1.165) is 11.5 Å². The van der Waals surface area contributed by atoms with Gasteiger partial charge >= 0.3 is 0 Å². The monoisotopic (exact) mass is 129 g/mol. The molecule has 8 heavy (non-hydrogen) atoms. The Labute approximate surface area is 49.9 Å². The highest BCUT2D eigenvalue weighted by molar-refractivity contribution is 8.02. The predicted molar refractivity (Wildman–Crippen MR) is 31.3 cm³/mol. The van der Waals surface area contributed by atoms with Gasteiger partial charge in [0.05, 0.1) is 12.1 Å². The largest absolute Gasteiger partial charge is 0.360 e. The van der Waals surface area contributed by atoms with Crippen molar-refractivity contribution in [3.8, 4) is 0 Å². The summed E-state index contributed by atoms with van der Waals surface area (Å²) in [6, 6.07) is 0. The summed E-state index contributed by atoms with van der Waals surface area (Å²) in [6.07, 6.45) is 1.56. The summed E-state index contributed by atoms with van der Waals surface area (Å²) in [6.45, 7) is 0. The summed E-state index contributed by atoms with van der Waals surface area (Å²) in [5.41, 5.74) is 0.912. The molecule has 0 aromatic carbocycles. The lowest BCUT2D eigenvalue weighted by Gasteiger charge is -1.83. The summed E-state index contributed by atoms with van der Waals surface area (Å²) in [5, 5.41) is 3.63. The average Bonchev–Trinajstić information content (AvgIpc) is 2.15. The van der Waals surface area contributed by atoms with E-state index in [4.69, 9.17) is 0 Å². The number of nitrogens with zero attached hydrogens (tertiary/aromatic N) is 1. The fourth-order valence-electron chi connectivity index (χ4n) is 0.512. The molecule has 2 N–H and O–H groups in total. The molecule has 2 heterocycles. The Bertz CT molecular complexity index is 180. The van der Waals surface area contributed by atoms with Crippen LogP contribution in [0.1, 0.15) is 0 Å². The first kappa shape index (κ1) is 4.08. The first-order chi connectivity index (χ1) is 3.97. The molecular weight excluding hydrogens is 126 g/mol. The second kappa shape index (κ2) is 1.32. The van der Waals surface area contributed by atoms with Crippen molar-refractivity contribution in [3.63, 3.8) is 0 Å². The number of nitrogens with one attached hydrogen (secondary N) is 2. The topological polar surface area (TPSA) is 50.1 Å². The Hall–Kier alpha value is -0.840. The van der Waals surface area contributed by atoms with Gasteiger partial charge in [0, 0.05) is 0 Å². The van der Waals surface area contributed by atoms with Crippen LogP contribution in [0.4, 0.5) is 11.5 Å². The molecule has 42 valence electrons. The summed E-state index contributed by atoms with van der Waals surface area (Å²) >= 11 is 1.39. The smallest absolute Gasteiger partial charge is 0.204 e. The van der Waals surface area contributed by atoms with Gasteiger partial charge in [-0.2, -0.15) is 0 Å². The molecule has 1 aliphatic rings. The van der Waals surface area contributed by atoms with E-state index in [1.54, 1.807) is 6.26 Å². The Morgan fingerprint density at radius 3 is 3.50 bits per heavy atom. The molecule has 0 spiro atoms. The van der Waals surface area contributed by atoms with Crippen LogP contribution in [0.25, 0.3) is 0 Å². The van der Waals surface area contributed by atoms with Gasteiger partial charge in [-0.1, -0.05) is 5.16 Å². The zero-order valence-corrected chi connectivity index (χ0v) is 4.66. The highest BCUT2D eigenvalue weighted by Crippen LogP contribution is 2.30. The highest BCUT2D eigenvalue weighted by atomic mass is 32.2. The van der Waals surface area contributed by atoms with Crippen molar-refractivity contribution in [3.05, 3.63) is 6.26 Å². The van der Waals surface area contributed by atoms with E-state index in [0.29, 0.717) is 0 Å². The van der Waals surface area contributed by atoms with E-state index in [-0.39, 0.29) is 0 Å². The maximum atomic E-state index is 4.60. The molecule has 1 aromatic heterocycles. The van der Waals surface area contributed by atoms with Crippen LogP contribution in [-0.2, 0) is 0 Å². The van der Waals surface area contributed by atoms with Crippen molar-refractivity contribution < 1.29 is 4.52 Å². The van der Waals surface area contributed by atoms with Crippen molar-refractivity contribution in [2.75, 3.05) is 9.44 Å². The van der Waals surface area contributed by atoms with E-state index < -0.39 is 0 Å². The standard InChI is InChI=1S/C3H3N3OS/c1-2-3(4-7-1)6-8-5-2/h1,5H,(H,4,6). The number of hydrogen-bond acceptors (Lipinski definition) is 5. The van der Waals surface area contributed by atoms with E-state index in [1.807, 2.05) is 0 Å². The normalized spacial score (nSPS) is 14.5. The molecule has 0 unspecified atom stereocenters. The quantitative estimate of drug-likeness (QED) is 0.513. The van der Waals surface area contributed by atoms with Crippen LogP contribution in [-0.4, -0.2) is 5.16 Å². The van der Waals surface area contributed by atoms with Gasteiger partial charge in [-0.25, -0.2) is 0 Å². The SMILES string of the molecule is c1onc2c1NSN2. The van der Waals surface area contributed by atoms with Crippen LogP contribution in [0.5, 0.6) is 0 Å². The van der Waals surface area contributed by atoms with Gasteiger partial charge in [0.2, 0.25) is 5.82 Å². The summed E-state index contributed by atoms with van der Waals surface area (Å²) in [7, 11) is 0. The lowest BCUT2D eigenvalue weighted by molar-refractivity contribution is 0.423. The first-order valence-corrected chi connectivity index (χ1v) is 2.91. The fraction of sp³-hybridized carbons (Fsp3) is 0. The van der Waals surface area contributed by atoms with Crippen LogP contribution in [0.3, 0.4) is 0 Å². The third-order valence-corrected chi connectivity index (χ3v) is 1.50. The molecule has 1 aromatic rings. The second-order valence-corrected chi connectivity index (χ2v) is 2.00. The highest BCUT2D eigenvalue weighted by Gasteiger charge is 2.12. The Morgan fingerprint density at radius 2 is 2.62 bits per heavy atom. The van der Waals surface area contributed by atoms with Crippen molar-refractivity contribution in [1.82, 2.24) is 5.16 Å². The maximum absolute atomic E-state index is 4.60. The van der Waals surface area contributed by atoms with Crippen molar-refractivity contribution in [1.29, 1.82) is 0 Å². The number of hydrogen-bond donors (Lipinski definition) is 2. The average molecular weight is 129 g/mol. The molecule has 0 bridgehead atoms. The minimum Gasteiger partial charge on any atom is -0.360 e. The number of fused-ring (bicyclic) bond motifs is 1. The molecule has 5 heteroatoms. The van der Waals surface area contributed by atoms with Gasteiger partial charge < -0.3 is 9.25 Å². The maximum Gasteiger partial charge on any atom is 0.204 e. The molecule has 0 saturated carbocycles. The van der Waals surface area contributed by atoms with Crippen molar-refractivity contribution >= 4 is 23.6 Å². The summed E-state index contributed by atoms with van der Waals surface area (Å²) in [4.78, 5) is 0. The molecule has 4 nitrogen and oxygen atoms in total. The zero-order chi connectivity index (χ0) is 5.40. The molecule has 0 atom stereocenters. The van der Waals surface area contributed by atoms with Gasteiger partial charge in [0.25, 0.3) is 0 Å². The Balaban J connectivity index is 2.54. The molecule has 2 rings (SSSR count). The molecule has 0 radical (unpaired) electrons. The molecule has 0 amide bonds. The lowest BCUT2D eigenvalue weighted by atomic mass is 10.6. The van der Waals surface area contributed by atoms with E-state index in [9.17, 15) is 0 Å². The van der Waals surface area contributed by atoms with E-state index in [1.165, 1.54) is 12.1 Å². The van der Waals surface area contributed by atoms with Gasteiger partial charge in [0.15, 0.2) is 0 Å². The minimum absolute atomic E-state index is 0.773. The van der Waals surface area contributed by atoms with E-state index >= 15 is 0 Å². The first-order valence-electron chi connectivity index (χ1n) is 2.09. The third-order valence-electron chi connectivity index (χ3n) is 0.878. The Morgan fingerprint density at radius 1 is 1.62 bits per heavy atom. The molecule has 0 saturated heterocycles. The van der Waals surface area contributed by atoms with Crippen molar-refractivity contribution in [2.24, 2.45) is 0 Å². The Kier molecular flexibility index (Phi) is 0.672. The number of aromatic nitrogens is 1. The van der Waals surface area contributed by atoms with Crippen LogP contribution in [0, 0.1) is 0 Å².